The molecule has 0 fully saturated rings. The Kier molecular flexibility index (Phi) is 4.16. The van der Waals surface area contributed by atoms with E-state index in [2.05, 4.69) is 0 Å². The third kappa shape index (κ3) is 2.29. The van der Waals surface area contributed by atoms with Crippen LogP contribution in [0, 0.1) is 0 Å². The van der Waals surface area contributed by atoms with Gasteiger partial charge in [0, 0.05) is 6.54 Å². The van der Waals surface area contributed by atoms with Gasteiger partial charge in [-0.2, -0.15) is 0 Å². The molecular weight excluding hydrogens is 190 g/mol. The SMILES string of the molecule is CC.CCN1C(=O)COc2ccccc21. The molecule has 0 aromatic heterocycles. The van der Waals surface area contributed by atoms with Crippen molar-refractivity contribution in [2.75, 3.05) is 18.1 Å². The van der Waals surface area contributed by atoms with Gasteiger partial charge in [0.05, 0.1) is 5.69 Å². The summed E-state index contributed by atoms with van der Waals surface area (Å²) in [6.07, 6.45) is 0. The lowest BCUT2D eigenvalue weighted by molar-refractivity contribution is -0.121. The average Bonchev–Trinajstić information content (AvgIpc) is 2.32. The molecule has 1 aromatic rings. The highest BCUT2D eigenvalue weighted by Gasteiger charge is 2.22. The molecule has 0 radical (unpaired) electrons. The molecule has 3 nitrogen and oxygen atoms in total. The number of rotatable bonds is 1. The zero-order chi connectivity index (χ0) is 11.3. The van der Waals surface area contributed by atoms with Gasteiger partial charge in [-0.25, -0.2) is 0 Å². The zero-order valence-electron chi connectivity index (χ0n) is 9.49. The lowest BCUT2D eigenvalue weighted by atomic mass is 10.2. The highest BCUT2D eigenvalue weighted by Crippen LogP contribution is 2.30. The van der Waals surface area contributed by atoms with Crippen LogP contribution in [0.4, 0.5) is 5.69 Å². The van der Waals surface area contributed by atoms with Gasteiger partial charge in [-0.3, -0.25) is 4.79 Å². The third-order valence-corrected chi connectivity index (χ3v) is 2.12. The summed E-state index contributed by atoms with van der Waals surface area (Å²) in [5.74, 6) is 0.824. The first-order valence-electron chi connectivity index (χ1n) is 5.35. The number of hydrogen-bond acceptors (Lipinski definition) is 2. The van der Waals surface area contributed by atoms with Crippen LogP contribution in [0.5, 0.6) is 5.75 Å². The Bertz CT molecular complexity index is 336. The Labute approximate surface area is 90.7 Å². The molecule has 3 heteroatoms. The Hall–Kier alpha value is -1.51. The average molecular weight is 207 g/mol. The van der Waals surface area contributed by atoms with Crippen LogP contribution in [0.2, 0.25) is 0 Å². The number of para-hydroxylation sites is 2. The number of amides is 1. The Balaban J connectivity index is 0.000000531. The van der Waals surface area contributed by atoms with Crippen molar-refractivity contribution in [3.05, 3.63) is 24.3 Å². The molecule has 1 heterocycles. The van der Waals surface area contributed by atoms with E-state index in [-0.39, 0.29) is 12.5 Å². The van der Waals surface area contributed by atoms with Gasteiger partial charge in [0.25, 0.3) is 5.91 Å². The van der Waals surface area contributed by atoms with E-state index in [1.165, 1.54) is 0 Å². The fourth-order valence-corrected chi connectivity index (χ4v) is 1.50. The molecule has 0 saturated carbocycles. The first kappa shape index (κ1) is 11.6. The van der Waals surface area contributed by atoms with Crippen LogP contribution in [0.1, 0.15) is 20.8 Å². The molecule has 1 aliphatic heterocycles. The van der Waals surface area contributed by atoms with Gasteiger partial charge in [-0.05, 0) is 19.1 Å². The van der Waals surface area contributed by atoms with E-state index in [9.17, 15) is 4.79 Å². The quantitative estimate of drug-likeness (QED) is 0.708. The van der Waals surface area contributed by atoms with E-state index >= 15 is 0 Å². The maximum atomic E-state index is 11.4. The number of likely N-dealkylation sites (N-methyl/N-ethyl adjacent to an activating group) is 1. The summed E-state index contributed by atoms with van der Waals surface area (Å²) < 4.78 is 5.28. The minimum atomic E-state index is 0.0289. The number of ether oxygens (including phenoxy) is 1. The molecule has 0 bridgehead atoms. The topological polar surface area (TPSA) is 29.5 Å². The molecule has 15 heavy (non-hydrogen) atoms. The van der Waals surface area contributed by atoms with Crippen molar-refractivity contribution >= 4 is 11.6 Å². The van der Waals surface area contributed by atoms with Crippen molar-refractivity contribution in [2.45, 2.75) is 20.8 Å². The van der Waals surface area contributed by atoms with Crippen LogP contribution in [0.15, 0.2) is 24.3 Å². The largest absolute Gasteiger partial charge is 0.482 e. The smallest absolute Gasteiger partial charge is 0.265 e. The van der Waals surface area contributed by atoms with Crippen LogP contribution in [0.25, 0.3) is 0 Å². The third-order valence-electron chi connectivity index (χ3n) is 2.12. The van der Waals surface area contributed by atoms with Crippen molar-refractivity contribution in [2.24, 2.45) is 0 Å². The fraction of sp³-hybridized carbons (Fsp3) is 0.417. The van der Waals surface area contributed by atoms with Gasteiger partial charge in [0.1, 0.15) is 5.75 Å². The Morgan fingerprint density at radius 3 is 2.67 bits per heavy atom. The molecule has 0 aliphatic carbocycles. The van der Waals surface area contributed by atoms with Crippen molar-refractivity contribution in [1.82, 2.24) is 0 Å². The molecule has 0 spiro atoms. The number of nitrogens with zero attached hydrogens (tertiary/aromatic N) is 1. The maximum absolute atomic E-state index is 11.4. The summed E-state index contributed by atoms with van der Waals surface area (Å²) in [7, 11) is 0. The molecule has 82 valence electrons. The van der Waals surface area contributed by atoms with E-state index < -0.39 is 0 Å². The normalized spacial score (nSPS) is 13.5. The maximum Gasteiger partial charge on any atom is 0.265 e. The van der Waals surface area contributed by atoms with Crippen molar-refractivity contribution in [1.29, 1.82) is 0 Å². The van der Waals surface area contributed by atoms with Gasteiger partial charge in [-0.1, -0.05) is 26.0 Å². The molecule has 0 N–H and O–H groups in total. The predicted octanol–water partition coefficient (Wildman–Crippen LogP) is 2.46. The Morgan fingerprint density at radius 1 is 1.33 bits per heavy atom. The lowest BCUT2D eigenvalue weighted by Gasteiger charge is -2.27. The van der Waals surface area contributed by atoms with Crippen LogP contribution in [0.3, 0.4) is 0 Å². The standard InChI is InChI=1S/C10H11NO2.C2H6/c1-2-11-8-5-3-4-6-9(8)13-7-10(11)12;1-2/h3-6H,2,7H2,1H3;1-2H3. The van der Waals surface area contributed by atoms with E-state index in [0.717, 1.165) is 11.4 Å². The Morgan fingerprint density at radius 2 is 2.00 bits per heavy atom. The highest BCUT2D eigenvalue weighted by molar-refractivity contribution is 5.97. The number of carbonyl (C=O) groups excluding carboxylic acids is 1. The van der Waals surface area contributed by atoms with Gasteiger partial charge < -0.3 is 9.64 Å². The number of hydrogen-bond donors (Lipinski definition) is 0. The minimum absolute atomic E-state index is 0.0289. The van der Waals surface area contributed by atoms with Gasteiger partial charge >= 0.3 is 0 Å². The monoisotopic (exact) mass is 207 g/mol. The molecule has 1 amide bonds. The van der Waals surface area contributed by atoms with E-state index in [0.29, 0.717) is 6.54 Å². The number of anilines is 1. The van der Waals surface area contributed by atoms with Gasteiger partial charge in [0.2, 0.25) is 0 Å². The second kappa shape index (κ2) is 5.39. The zero-order valence-corrected chi connectivity index (χ0v) is 9.49. The fourth-order valence-electron chi connectivity index (χ4n) is 1.50. The van der Waals surface area contributed by atoms with Gasteiger partial charge in [0.15, 0.2) is 6.61 Å². The molecule has 0 unspecified atom stereocenters. The van der Waals surface area contributed by atoms with E-state index in [4.69, 9.17) is 4.74 Å². The lowest BCUT2D eigenvalue weighted by Crippen LogP contribution is -2.38. The van der Waals surface area contributed by atoms with Crippen LogP contribution in [-0.2, 0) is 4.79 Å². The minimum Gasteiger partial charge on any atom is -0.482 e. The van der Waals surface area contributed by atoms with Gasteiger partial charge in [-0.15, -0.1) is 0 Å². The number of fused-ring (bicyclic) bond motifs is 1. The summed E-state index contributed by atoms with van der Waals surface area (Å²) in [5.41, 5.74) is 0.876. The molecule has 1 aromatic carbocycles. The first-order chi connectivity index (χ1) is 7.33. The van der Waals surface area contributed by atoms with Crippen LogP contribution in [-0.4, -0.2) is 19.1 Å². The van der Waals surface area contributed by atoms with Crippen LogP contribution >= 0.6 is 0 Å². The van der Waals surface area contributed by atoms with Crippen LogP contribution < -0.4 is 9.64 Å². The number of carbonyl (C=O) groups is 1. The number of benzene rings is 1. The second-order valence-electron chi connectivity index (χ2n) is 2.89. The molecular formula is C12H17NO2. The van der Waals surface area contributed by atoms with E-state index in [1.54, 1.807) is 4.90 Å². The summed E-state index contributed by atoms with van der Waals surface area (Å²) in [4.78, 5) is 13.1. The predicted molar refractivity (Wildman–Crippen MR) is 61.3 cm³/mol. The first-order valence-corrected chi connectivity index (χ1v) is 5.35. The highest BCUT2D eigenvalue weighted by atomic mass is 16.5. The molecule has 0 atom stereocenters. The van der Waals surface area contributed by atoms with Crippen molar-refractivity contribution < 1.29 is 9.53 Å². The summed E-state index contributed by atoms with van der Waals surface area (Å²) in [6.45, 7) is 6.81. The van der Waals surface area contributed by atoms with Crippen molar-refractivity contribution in [3.8, 4) is 5.75 Å². The molecule has 2 rings (SSSR count). The second-order valence-corrected chi connectivity index (χ2v) is 2.89. The van der Waals surface area contributed by atoms with E-state index in [1.807, 2.05) is 45.0 Å². The molecule has 0 saturated heterocycles. The summed E-state index contributed by atoms with van der Waals surface area (Å²) >= 11 is 0. The summed E-state index contributed by atoms with van der Waals surface area (Å²) in [5, 5.41) is 0. The van der Waals surface area contributed by atoms with Crippen molar-refractivity contribution in [3.63, 3.8) is 0 Å². The summed E-state index contributed by atoms with van der Waals surface area (Å²) in [6, 6.07) is 7.59. The molecule has 1 aliphatic rings.